The third-order valence-electron chi connectivity index (χ3n) is 5.52. The Morgan fingerprint density at radius 2 is 2.00 bits per heavy atom. The highest BCUT2D eigenvalue weighted by atomic mass is 35.5. The minimum absolute atomic E-state index is 0.163. The zero-order valence-corrected chi connectivity index (χ0v) is 16.4. The van der Waals surface area contributed by atoms with Crippen LogP contribution in [0.25, 0.3) is 11.1 Å². The molecule has 0 bridgehead atoms. The van der Waals surface area contributed by atoms with Crippen molar-refractivity contribution in [2.75, 3.05) is 13.2 Å². The van der Waals surface area contributed by atoms with Crippen molar-refractivity contribution in [3.63, 3.8) is 0 Å². The van der Waals surface area contributed by atoms with Crippen molar-refractivity contribution in [2.45, 2.75) is 24.5 Å². The first-order valence-electron chi connectivity index (χ1n) is 9.29. The largest absolute Gasteiger partial charge is 0.371 e. The Balaban J connectivity index is 1.73. The summed E-state index contributed by atoms with van der Waals surface area (Å²) in [7, 11) is 0. The van der Waals surface area contributed by atoms with E-state index in [1.54, 1.807) is 23.1 Å². The van der Waals surface area contributed by atoms with Crippen LogP contribution in [0.1, 0.15) is 34.8 Å². The number of primary amides is 1. The number of halogens is 2. The molecule has 0 radical (unpaired) electrons. The van der Waals surface area contributed by atoms with Gasteiger partial charge in [-0.15, -0.1) is 0 Å². The van der Waals surface area contributed by atoms with Gasteiger partial charge in [-0.2, -0.15) is 0 Å². The Kier molecular flexibility index (Phi) is 4.92. The van der Waals surface area contributed by atoms with Crippen LogP contribution in [0.2, 0.25) is 5.02 Å². The van der Waals surface area contributed by atoms with Crippen LogP contribution in [0.4, 0.5) is 4.39 Å². The minimum Gasteiger partial charge on any atom is -0.371 e. The Hall–Kier alpha value is -2.70. The van der Waals surface area contributed by atoms with E-state index in [1.807, 2.05) is 6.07 Å². The molecule has 1 aliphatic heterocycles. The zero-order valence-electron chi connectivity index (χ0n) is 15.7. The molecule has 29 heavy (non-hydrogen) atoms. The fourth-order valence-corrected chi connectivity index (χ4v) is 3.99. The van der Waals surface area contributed by atoms with Gasteiger partial charge in [0.25, 0.3) is 5.91 Å². The van der Waals surface area contributed by atoms with Crippen LogP contribution >= 0.6 is 11.6 Å². The third-order valence-corrected chi connectivity index (χ3v) is 5.74. The lowest BCUT2D eigenvalue weighted by atomic mass is 9.96. The first-order valence-corrected chi connectivity index (χ1v) is 9.67. The summed E-state index contributed by atoms with van der Waals surface area (Å²) >= 11 is 6.35. The highest BCUT2D eigenvalue weighted by Crippen LogP contribution is 2.46. The average molecular weight is 415 g/mol. The smallest absolute Gasteiger partial charge is 0.251 e. The van der Waals surface area contributed by atoms with Gasteiger partial charge < -0.3 is 15.4 Å². The normalized spacial score (nSPS) is 19.8. The van der Waals surface area contributed by atoms with Crippen LogP contribution in [0.3, 0.4) is 0 Å². The molecule has 2 N–H and O–H groups in total. The van der Waals surface area contributed by atoms with Gasteiger partial charge in [0.2, 0.25) is 5.91 Å². The summed E-state index contributed by atoms with van der Waals surface area (Å²) in [4.78, 5) is 25.7. The lowest BCUT2D eigenvalue weighted by molar-refractivity contribution is -0.143. The van der Waals surface area contributed by atoms with E-state index in [4.69, 9.17) is 22.1 Å². The van der Waals surface area contributed by atoms with Crippen LogP contribution in [-0.2, 0) is 9.53 Å². The zero-order chi connectivity index (χ0) is 20.8. The maximum Gasteiger partial charge on any atom is 0.251 e. The van der Waals surface area contributed by atoms with Gasteiger partial charge in [0.1, 0.15) is 5.82 Å². The first kappa shape index (κ1) is 19.6. The number of ether oxygens (including phenoxy) is 1. The molecule has 1 heterocycles. The SMILES string of the molecule is C=CC(=O)N1CC2(CC2)OCC1c1cc(Cl)cc(-c2ccc(F)c(C(N)=O)c2)c1. The lowest BCUT2D eigenvalue weighted by Crippen LogP contribution is -2.48. The molecular weight excluding hydrogens is 395 g/mol. The maximum absolute atomic E-state index is 13.8. The summed E-state index contributed by atoms with van der Waals surface area (Å²) < 4.78 is 19.9. The predicted molar refractivity (Wildman–Crippen MR) is 108 cm³/mol. The van der Waals surface area contributed by atoms with Crippen LogP contribution < -0.4 is 5.73 Å². The number of morpholine rings is 1. The summed E-state index contributed by atoms with van der Waals surface area (Å²) in [6.07, 6.45) is 3.18. The molecule has 5 nitrogen and oxygen atoms in total. The summed E-state index contributed by atoms with van der Waals surface area (Å²) in [5.41, 5.74) is 6.92. The number of benzene rings is 2. The fraction of sp³-hybridized carbons (Fsp3) is 0.273. The number of carbonyl (C=O) groups excluding carboxylic acids is 2. The maximum atomic E-state index is 13.8. The number of amides is 2. The van der Waals surface area contributed by atoms with E-state index in [-0.39, 0.29) is 23.1 Å². The summed E-state index contributed by atoms with van der Waals surface area (Å²) in [5, 5.41) is 0.458. The fourth-order valence-electron chi connectivity index (χ4n) is 3.74. The lowest BCUT2D eigenvalue weighted by Gasteiger charge is -2.40. The van der Waals surface area contributed by atoms with E-state index < -0.39 is 11.7 Å². The van der Waals surface area contributed by atoms with E-state index in [2.05, 4.69) is 6.58 Å². The van der Waals surface area contributed by atoms with E-state index in [0.717, 1.165) is 18.4 Å². The quantitative estimate of drug-likeness (QED) is 0.772. The van der Waals surface area contributed by atoms with Crippen LogP contribution in [-0.4, -0.2) is 35.5 Å². The molecule has 2 aromatic rings. The second-order valence-corrected chi connectivity index (χ2v) is 7.95. The van der Waals surface area contributed by atoms with Crippen molar-refractivity contribution in [3.8, 4) is 11.1 Å². The second-order valence-electron chi connectivity index (χ2n) is 7.51. The van der Waals surface area contributed by atoms with Crippen molar-refractivity contribution in [3.05, 3.63) is 71.0 Å². The van der Waals surface area contributed by atoms with Gasteiger partial charge in [-0.05, 0) is 65.9 Å². The Labute approximate surface area is 172 Å². The van der Waals surface area contributed by atoms with E-state index in [0.29, 0.717) is 29.3 Å². The highest BCUT2D eigenvalue weighted by Gasteiger charge is 2.50. The molecule has 2 aliphatic rings. The van der Waals surface area contributed by atoms with E-state index in [1.165, 1.54) is 18.2 Å². The second kappa shape index (κ2) is 7.28. The number of nitrogens with zero attached hydrogens (tertiary/aromatic N) is 1. The molecule has 7 heteroatoms. The minimum atomic E-state index is -0.843. The first-order chi connectivity index (χ1) is 13.8. The number of carbonyl (C=O) groups is 2. The molecule has 1 saturated heterocycles. The van der Waals surface area contributed by atoms with Crippen molar-refractivity contribution >= 4 is 23.4 Å². The van der Waals surface area contributed by atoms with Crippen molar-refractivity contribution < 1.29 is 18.7 Å². The molecule has 1 spiro atoms. The molecule has 4 rings (SSSR count). The highest BCUT2D eigenvalue weighted by molar-refractivity contribution is 6.31. The van der Waals surface area contributed by atoms with Crippen LogP contribution in [0, 0.1) is 5.82 Å². The number of hydrogen-bond acceptors (Lipinski definition) is 3. The molecule has 2 amide bonds. The van der Waals surface area contributed by atoms with E-state index >= 15 is 0 Å². The van der Waals surface area contributed by atoms with Gasteiger partial charge in [-0.25, -0.2) is 4.39 Å². The Morgan fingerprint density at radius 3 is 2.66 bits per heavy atom. The third kappa shape index (κ3) is 3.78. The van der Waals surface area contributed by atoms with Gasteiger partial charge >= 0.3 is 0 Å². The van der Waals surface area contributed by atoms with Gasteiger partial charge in [0, 0.05) is 5.02 Å². The van der Waals surface area contributed by atoms with Crippen molar-refractivity contribution in [2.24, 2.45) is 5.73 Å². The molecule has 1 unspecified atom stereocenters. The molecule has 2 fully saturated rings. The van der Waals surface area contributed by atoms with Gasteiger partial charge in [-0.1, -0.05) is 24.2 Å². The summed E-state index contributed by atoms with van der Waals surface area (Å²) in [6.45, 7) is 4.48. The van der Waals surface area contributed by atoms with Crippen LogP contribution in [0.15, 0.2) is 49.1 Å². The van der Waals surface area contributed by atoms with E-state index in [9.17, 15) is 14.0 Å². The molecule has 150 valence electrons. The molecular formula is C22H20ClFN2O3. The van der Waals surface area contributed by atoms with Gasteiger partial charge in [0.15, 0.2) is 0 Å². The summed E-state index contributed by atoms with van der Waals surface area (Å²) in [5.74, 6) is -1.68. The van der Waals surface area contributed by atoms with Crippen molar-refractivity contribution in [1.82, 2.24) is 4.90 Å². The molecule has 1 aliphatic carbocycles. The number of hydrogen-bond donors (Lipinski definition) is 1. The average Bonchev–Trinajstić information content (AvgIpc) is 3.45. The Bertz CT molecular complexity index is 1020. The standard InChI is InChI=1S/C22H20ClFN2O3/c1-2-20(27)26-12-22(5-6-22)29-11-19(26)15-7-14(8-16(23)9-15)13-3-4-18(24)17(10-13)21(25)28/h2-4,7-10,19H,1,5-6,11-12H2,(H2,25,28). The monoisotopic (exact) mass is 414 g/mol. The summed E-state index contributed by atoms with van der Waals surface area (Å²) in [6, 6.07) is 9.20. The number of rotatable bonds is 4. The molecule has 1 atom stereocenters. The van der Waals surface area contributed by atoms with Gasteiger partial charge in [0.05, 0.1) is 30.4 Å². The predicted octanol–water partition coefficient (Wildman–Crippen LogP) is 3.86. The Morgan fingerprint density at radius 1 is 1.24 bits per heavy atom. The number of nitrogens with two attached hydrogens (primary N) is 1. The molecule has 2 aromatic carbocycles. The molecule has 1 saturated carbocycles. The van der Waals surface area contributed by atoms with Gasteiger partial charge in [-0.3, -0.25) is 9.59 Å². The topological polar surface area (TPSA) is 72.6 Å². The van der Waals surface area contributed by atoms with Crippen molar-refractivity contribution in [1.29, 1.82) is 0 Å². The van der Waals surface area contributed by atoms with Crippen LogP contribution in [0.5, 0.6) is 0 Å². The molecule has 0 aromatic heterocycles.